The van der Waals surface area contributed by atoms with Crippen LogP contribution in [0.25, 0.3) is 15.3 Å². The van der Waals surface area contributed by atoms with E-state index in [1.54, 1.807) is 6.20 Å². The number of para-hydroxylation sites is 1. The second kappa shape index (κ2) is 6.64. The number of thiazole rings is 1. The Morgan fingerprint density at radius 1 is 1.15 bits per heavy atom. The zero-order chi connectivity index (χ0) is 18.1. The third-order valence-electron chi connectivity index (χ3n) is 3.76. The maximum Gasteiger partial charge on any atom is 0.254 e. The van der Waals surface area contributed by atoms with Gasteiger partial charge < -0.3 is 5.32 Å². The van der Waals surface area contributed by atoms with Crippen molar-refractivity contribution in [2.24, 2.45) is 0 Å². The van der Waals surface area contributed by atoms with Crippen molar-refractivity contribution in [2.45, 2.75) is 6.54 Å². The van der Waals surface area contributed by atoms with E-state index in [0.717, 1.165) is 22.3 Å². The number of rotatable bonds is 4. The SMILES string of the molecule is O=C(NCc1ccc(F)c(F)c1)c1cnn(-c2nc3ccccc3s2)c1. The summed E-state index contributed by atoms with van der Waals surface area (Å²) in [5.41, 5.74) is 1.69. The molecule has 0 aliphatic heterocycles. The minimum Gasteiger partial charge on any atom is -0.348 e. The molecule has 4 aromatic rings. The molecule has 0 fully saturated rings. The van der Waals surface area contributed by atoms with Gasteiger partial charge in [0.05, 0.1) is 22.0 Å². The number of fused-ring (bicyclic) bond motifs is 1. The summed E-state index contributed by atoms with van der Waals surface area (Å²) in [6.07, 6.45) is 3.02. The highest BCUT2D eigenvalue weighted by Gasteiger charge is 2.12. The molecule has 0 saturated carbocycles. The van der Waals surface area contributed by atoms with Crippen LogP contribution in [0.5, 0.6) is 0 Å². The largest absolute Gasteiger partial charge is 0.348 e. The minimum absolute atomic E-state index is 0.0857. The van der Waals surface area contributed by atoms with E-state index in [-0.39, 0.29) is 12.5 Å². The molecule has 26 heavy (non-hydrogen) atoms. The van der Waals surface area contributed by atoms with Gasteiger partial charge in [0.2, 0.25) is 5.13 Å². The lowest BCUT2D eigenvalue weighted by Gasteiger charge is -2.04. The molecule has 1 amide bonds. The Labute approximate surface area is 150 Å². The van der Waals surface area contributed by atoms with Crippen molar-refractivity contribution in [3.05, 3.63) is 77.6 Å². The predicted octanol–water partition coefficient (Wildman–Crippen LogP) is 3.69. The van der Waals surface area contributed by atoms with Gasteiger partial charge in [0, 0.05) is 12.7 Å². The monoisotopic (exact) mass is 370 g/mol. The van der Waals surface area contributed by atoms with E-state index >= 15 is 0 Å². The normalized spacial score (nSPS) is 11.0. The van der Waals surface area contributed by atoms with E-state index in [4.69, 9.17) is 0 Å². The fraction of sp³-hybridized carbons (Fsp3) is 0.0556. The molecule has 0 aliphatic rings. The van der Waals surface area contributed by atoms with Gasteiger partial charge in [0.15, 0.2) is 11.6 Å². The lowest BCUT2D eigenvalue weighted by Crippen LogP contribution is -2.22. The van der Waals surface area contributed by atoms with Crippen LogP contribution >= 0.6 is 11.3 Å². The van der Waals surface area contributed by atoms with Gasteiger partial charge in [-0.3, -0.25) is 4.79 Å². The van der Waals surface area contributed by atoms with Gasteiger partial charge in [0.1, 0.15) is 0 Å². The molecule has 0 radical (unpaired) electrons. The van der Waals surface area contributed by atoms with Crippen LogP contribution in [0.1, 0.15) is 15.9 Å². The third kappa shape index (κ3) is 3.18. The van der Waals surface area contributed by atoms with E-state index in [1.165, 1.54) is 28.3 Å². The molecule has 130 valence electrons. The van der Waals surface area contributed by atoms with E-state index in [0.29, 0.717) is 16.3 Å². The molecule has 2 aromatic heterocycles. The van der Waals surface area contributed by atoms with Gasteiger partial charge in [-0.2, -0.15) is 5.10 Å². The van der Waals surface area contributed by atoms with Gasteiger partial charge in [-0.05, 0) is 29.8 Å². The topological polar surface area (TPSA) is 59.8 Å². The highest BCUT2D eigenvalue weighted by atomic mass is 32.1. The second-order valence-electron chi connectivity index (χ2n) is 5.57. The van der Waals surface area contributed by atoms with Gasteiger partial charge in [-0.1, -0.05) is 29.5 Å². The summed E-state index contributed by atoms with van der Waals surface area (Å²) in [7, 11) is 0. The number of halogens is 2. The van der Waals surface area contributed by atoms with Gasteiger partial charge in [-0.15, -0.1) is 0 Å². The molecular weight excluding hydrogens is 358 g/mol. The Morgan fingerprint density at radius 2 is 2.00 bits per heavy atom. The van der Waals surface area contributed by atoms with Crippen LogP contribution < -0.4 is 5.32 Å². The van der Waals surface area contributed by atoms with Crippen molar-refractivity contribution in [3.63, 3.8) is 0 Å². The maximum atomic E-state index is 13.2. The Hall–Kier alpha value is -3.13. The van der Waals surface area contributed by atoms with Crippen molar-refractivity contribution >= 4 is 27.5 Å². The number of carbonyl (C=O) groups is 1. The van der Waals surface area contributed by atoms with Crippen molar-refractivity contribution in [3.8, 4) is 5.13 Å². The number of carbonyl (C=O) groups excluding carboxylic acids is 1. The molecule has 2 heterocycles. The first-order valence-electron chi connectivity index (χ1n) is 7.73. The van der Waals surface area contributed by atoms with Crippen LogP contribution in [-0.4, -0.2) is 20.7 Å². The molecule has 4 rings (SSSR count). The summed E-state index contributed by atoms with van der Waals surface area (Å²) >= 11 is 1.47. The Kier molecular flexibility index (Phi) is 4.18. The first kappa shape index (κ1) is 16.3. The highest BCUT2D eigenvalue weighted by Crippen LogP contribution is 2.24. The molecule has 0 unspecified atom stereocenters. The Morgan fingerprint density at radius 3 is 2.81 bits per heavy atom. The fourth-order valence-electron chi connectivity index (χ4n) is 2.44. The van der Waals surface area contributed by atoms with E-state index in [1.807, 2.05) is 24.3 Å². The fourth-order valence-corrected chi connectivity index (χ4v) is 3.34. The summed E-state index contributed by atoms with van der Waals surface area (Å²) in [5.74, 6) is -2.22. The van der Waals surface area contributed by atoms with E-state index in [9.17, 15) is 13.6 Å². The number of benzene rings is 2. The average Bonchev–Trinajstić information content (AvgIpc) is 3.29. The van der Waals surface area contributed by atoms with E-state index < -0.39 is 11.6 Å². The van der Waals surface area contributed by atoms with Crippen LogP contribution in [-0.2, 0) is 6.54 Å². The molecular formula is C18H12F2N4OS. The summed E-state index contributed by atoms with van der Waals surface area (Å²) in [4.78, 5) is 16.7. The number of nitrogens with one attached hydrogen (secondary N) is 1. The molecule has 0 aliphatic carbocycles. The molecule has 8 heteroatoms. The van der Waals surface area contributed by atoms with Crippen molar-refractivity contribution in [1.82, 2.24) is 20.1 Å². The predicted molar refractivity (Wildman–Crippen MR) is 94.3 cm³/mol. The quantitative estimate of drug-likeness (QED) is 0.596. The Bertz CT molecular complexity index is 1070. The lowest BCUT2D eigenvalue weighted by atomic mass is 10.2. The zero-order valence-electron chi connectivity index (χ0n) is 13.3. The van der Waals surface area contributed by atoms with Crippen LogP contribution in [0.2, 0.25) is 0 Å². The number of aromatic nitrogens is 3. The van der Waals surface area contributed by atoms with Gasteiger partial charge >= 0.3 is 0 Å². The summed E-state index contributed by atoms with van der Waals surface area (Å²) in [6.45, 7) is 0.0857. The molecule has 0 saturated heterocycles. The number of nitrogens with zero attached hydrogens (tertiary/aromatic N) is 3. The summed E-state index contributed by atoms with van der Waals surface area (Å²) < 4.78 is 28.7. The first-order valence-corrected chi connectivity index (χ1v) is 8.54. The van der Waals surface area contributed by atoms with Gasteiger partial charge in [0.25, 0.3) is 5.91 Å². The van der Waals surface area contributed by atoms with Crippen LogP contribution in [0.4, 0.5) is 8.78 Å². The maximum absolute atomic E-state index is 13.2. The van der Waals surface area contributed by atoms with Crippen LogP contribution in [0.3, 0.4) is 0 Å². The van der Waals surface area contributed by atoms with Crippen molar-refractivity contribution in [1.29, 1.82) is 0 Å². The van der Waals surface area contributed by atoms with Crippen molar-refractivity contribution < 1.29 is 13.6 Å². The molecule has 1 N–H and O–H groups in total. The molecule has 0 spiro atoms. The number of amides is 1. The first-order chi connectivity index (χ1) is 12.6. The van der Waals surface area contributed by atoms with Crippen LogP contribution in [0.15, 0.2) is 54.9 Å². The van der Waals surface area contributed by atoms with Crippen LogP contribution in [0, 0.1) is 11.6 Å². The summed E-state index contributed by atoms with van der Waals surface area (Å²) in [5, 5.41) is 7.49. The number of hydrogen-bond donors (Lipinski definition) is 1. The van der Waals surface area contributed by atoms with Crippen molar-refractivity contribution in [2.75, 3.05) is 0 Å². The molecule has 5 nitrogen and oxygen atoms in total. The number of hydrogen-bond acceptors (Lipinski definition) is 4. The minimum atomic E-state index is -0.944. The zero-order valence-corrected chi connectivity index (χ0v) is 14.1. The van der Waals surface area contributed by atoms with E-state index in [2.05, 4.69) is 15.4 Å². The summed E-state index contributed by atoms with van der Waals surface area (Å²) in [6, 6.07) is 11.2. The molecule has 2 aromatic carbocycles. The average molecular weight is 370 g/mol. The standard InChI is InChI=1S/C18H12F2N4OS/c19-13-6-5-11(7-14(13)20)8-21-17(25)12-9-22-24(10-12)18-23-15-3-1-2-4-16(15)26-18/h1-7,9-10H,8H2,(H,21,25). The second-order valence-corrected chi connectivity index (χ2v) is 6.58. The lowest BCUT2D eigenvalue weighted by molar-refractivity contribution is 0.0951. The third-order valence-corrected chi connectivity index (χ3v) is 4.79. The highest BCUT2D eigenvalue weighted by molar-refractivity contribution is 7.20. The molecule has 0 atom stereocenters. The Balaban J connectivity index is 1.48. The van der Waals surface area contributed by atoms with Gasteiger partial charge in [-0.25, -0.2) is 18.4 Å². The molecule has 0 bridgehead atoms. The smallest absolute Gasteiger partial charge is 0.254 e.